The number of piperidine rings is 1. The Morgan fingerprint density at radius 3 is 2.17 bits per heavy atom. The quantitative estimate of drug-likeness (QED) is 0.672. The molecule has 3 rings (SSSR count). The first-order valence-electron chi connectivity index (χ1n) is 9.47. The van der Waals surface area contributed by atoms with E-state index in [1.807, 2.05) is 34.6 Å². The Morgan fingerprint density at radius 2 is 1.66 bits per heavy atom. The first kappa shape index (κ1) is 21.5. The maximum atomic E-state index is 12.7. The summed E-state index contributed by atoms with van der Waals surface area (Å²) in [6, 6.07) is 9.71. The molecule has 0 amide bonds. The van der Waals surface area contributed by atoms with E-state index in [4.69, 9.17) is 13.4 Å². The third kappa shape index (κ3) is 4.71. The first-order chi connectivity index (χ1) is 13.4. The van der Waals surface area contributed by atoms with Gasteiger partial charge in [0.2, 0.25) is 5.76 Å². The van der Waals surface area contributed by atoms with Crippen LogP contribution in [0.1, 0.15) is 56.7 Å². The minimum absolute atomic E-state index is 0.108. The molecular weight excluding hydrogens is 394 g/mol. The zero-order valence-corrected chi connectivity index (χ0v) is 18.2. The lowest BCUT2D eigenvalue weighted by atomic mass is 9.80. The summed E-state index contributed by atoms with van der Waals surface area (Å²) < 4.78 is 36.1. The molecule has 2 aromatic rings. The van der Waals surface area contributed by atoms with Crippen molar-refractivity contribution in [2.45, 2.75) is 69.5 Å². The maximum Gasteiger partial charge on any atom is 0.393 e. The van der Waals surface area contributed by atoms with Crippen molar-refractivity contribution in [3.8, 4) is 0 Å². The van der Waals surface area contributed by atoms with E-state index >= 15 is 0 Å². The van der Waals surface area contributed by atoms with E-state index in [9.17, 15) is 13.2 Å². The zero-order chi connectivity index (χ0) is 21.4. The van der Waals surface area contributed by atoms with Crippen LogP contribution < -0.4 is 0 Å². The van der Waals surface area contributed by atoms with Crippen LogP contribution in [-0.4, -0.2) is 36.6 Å². The molecule has 2 heterocycles. The Balaban J connectivity index is 1.77. The highest BCUT2D eigenvalue weighted by atomic mass is 32.2. The molecule has 0 aliphatic carbocycles. The van der Waals surface area contributed by atoms with E-state index in [-0.39, 0.29) is 10.7 Å². The van der Waals surface area contributed by atoms with Crippen molar-refractivity contribution in [3.63, 3.8) is 0 Å². The summed E-state index contributed by atoms with van der Waals surface area (Å²) in [5.41, 5.74) is -0.340. The van der Waals surface area contributed by atoms with Gasteiger partial charge >= 0.3 is 5.97 Å². The lowest BCUT2D eigenvalue weighted by molar-refractivity contribution is -0.253. The van der Waals surface area contributed by atoms with Crippen LogP contribution in [0.25, 0.3) is 0 Å². The van der Waals surface area contributed by atoms with E-state index < -0.39 is 33.3 Å². The first-order valence-corrected chi connectivity index (χ1v) is 10.9. The molecule has 0 N–H and O–H groups in total. The normalized spacial score (nSPS) is 19.8. The topological polar surface area (TPSA) is 86.0 Å². The number of aryl methyl sites for hydroxylation is 1. The van der Waals surface area contributed by atoms with E-state index in [1.54, 1.807) is 35.4 Å². The average Bonchev–Trinajstić information content (AvgIpc) is 3.12. The molecule has 0 saturated carbocycles. The molecule has 0 bridgehead atoms. The summed E-state index contributed by atoms with van der Waals surface area (Å²) in [7, 11) is -3.89. The molecule has 1 aliphatic heterocycles. The van der Waals surface area contributed by atoms with Crippen LogP contribution in [0.15, 0.2) is 52.0 Å². The van der Waals surface area contributed by atoms with Crippen LogP contribution in [0, 0.1) is 6.92 Å². The summed E-state index contributed by atoms with van der Waals surface area (Å²) in [6.07, 6.45) is 1.59. The average molecular weight is 422 g/mol. The molecular formula is C21H27NO6S. The minimum Gasteiger partial charge on any atom is -0.457 e. The highest BCUT2D eigenvalue weighted by molar-refractivity contribution is 7.86. The van der Waals surface area contributed by atoms with Crippen molar-refractivity contribution >= 4 is 16.1 Å². The number of carbonyl (C=O) groups is 1. The number of hydroxylamine groups is 2. The summed E-state index contributed by atoms with van der Waals surface area (Å²) in [5, 5.41) is 1.61. The van der Waals surface area contributed by atoms with Crippen LogP contribution in [-0.2, 0) is 19.1 Å². The van der Waals surface area contributed by atoms with Gasteiger partial charge in [-0.15, -0.1) is 5.06 Å². The Morgan fingerprint density at radius 1 is 1.07 bits per heavy atom. The van der Waals surface area contributed by atoms with Gasteiger partial charge in [-0.2, -0.15) is 8.42 Å². The maximum absolute atomic E-state index is 12.7. The van der Waals surface area contributed by atoms with Gasteiger partial charge in [0.15, 0.2) is 0 Å². The van der Waals surface area contributed by atoms with Gasteiger partial charge in [0.1, 0.15) is 0 Å². The number of benzene rings is 1. The molecule has 1 fully saturated rings. The smallest absolute Gasteiger partial charge is 0.393 e. The second-order valence-corrected chi connectivity index (χ2v) is 10.2. The molecule has 158 valence electrons. The van der Waals surface area contributed by atoms with Crippen molar-refractivity contribution in [1.29, 1.82) is 0 Å². The van der Waals surface area contributed by atoms with Gasteiger partial charge in [0, 0.05) is 0 Å². The fourth-order valence-electron chi connectivity index (χ4n) is 3.95. The van der Waals surface area contributed by atoms with E-state index in [1.165, 1.54) is 12.3 Å². The SMILES string of the molecule is Cc1ccc(S(=O)(=O)OC2CC(C)(C)N(OC(=O)c3ccco3)C(C)(C)C2)cc1. The molecule has 8 heteroatoms. The molecule has 0 atom stereocenters. The van der Waals surface area contributed by atoms with Crippen LogP contribution in [0.3, 0.4) is 0 Å². The van der Waals surface area contributed by atoms with Crippen molar-refractivity contribution < 1.29 is 26.7 Å². The van der Waals surface area contributed by atoms with Gasteiger partial charge in [-0.05, 0) is 71.7 Å². The highest BCUT2D eigenvalue weighted by Gasteiger charge is 2.50. The molecule has 0 spiro atoms. The predicted molar refractivity (Wildman–Crippen MR) is 107 cm³/mol. The Bertz CT molecular complexity index is 943. The monoisotopic (exact) mass is 421 g/mol. The minimum atomic E-state index is -3.89. The van der Waals surface area contributed by atoms with Gasteiger partial charge in [0.25, 0.3) is 10.1 Å². The van der Waals surface area contributed by atoms with Gasteiger partial charge in [-0.1, -0.05) is 17.7 Å². The fraction of sp³-hybridized carbons (Fsp3) is 0.476. The van der Waals surface area contributed by atoms with E-state index in [2.05, 4.69) is 0 Å². The second-order valence-electron chi connectivity index (χ2n) is 8.67. The van der Waals surface area contributed by atoms with E-state index in [0.29, 0.717) is 12.8 Å². The molecule has 1 aliphatic rings. The molecule has 1 saturated heterocycles. The number of hydrogen-bond acceptors (Lipinski definition) is 7. The molecule has 0 unspecified atom stereocenters. The Kier molecular flexibility index (Phi) is 5.64. The number of hydrogen-bond donors (Lipinski definition) is 0. The molecule has 7 nitrogen and oxygen atoms in total. The standard InChI is InChI=1S/C21H27NO6S/c1-15-8-10-17(11-9-15)29(24,25)28-16-13-20(2,3)22(21(4,5)14-16)27-19(23)18-7-6-12-26-18/h6-12,16H,13-14H2,1-5H3. The summed E-state index contributed by atoms with van der Waals surface area (Å²) >= 11 is 0. The van der Waals surface area contributed by atoms with Crippen molar-refractivity contribution in [1.82, 2.24) is 5.06 Å². The van der Waals surface area contributed by atoms with Crippen molar-refractivity contribution in [2.75, 3.05) is 0 Å². The van der Waals surface area contributed by atoms with Crippen LogP contribution in [0.2, 0.25) is 0 Å². The van der Waals surface area contributed by atoms with Gasteiger partial charge in [-0.25, -0.2) is 4.79 Å². The number of rotatable bonds is 5. The molecule has 1 aromatic carbocycles. The zero-order valence-electron chi connectivity index (χ0n) is 17.3. The van der Waals surface area contributed by atoms with Gasteiger partial charge < -0.3 is 9.25 Å². The van der Waals surface area contributed by atoms with Crippen LogP contribution in [0.4, 0.5) is 0 Å². The summed E-state index contributed by atoms with van der Waals surface area (Å²) in [5.74, 6) is -0.486. The van der Waals surface area contributed by atoms with Gasteiger partial charge in [0.05, 0.1) is 28.3 Å². The molecule has 0 radical (unpaired) electrons. The third-order valence-corrected chi connectivity index (χ3v) is 6.40. The molecule has 1 aromatic heterocycles. The van der Waals surface area contributed by atoms with E-state index in [0.717, 1.165) is 5.56 Å². The van der Waals surface area contributed by atoms with Gasteiger partial charge in [-0.3, -0.25) is 4.18 Å². The lowest BCUT2D eigenvalue weighted by Gasteiger charge is -2.52. The predicted octanol–water partition coefficient (Wildman–Crippen LogP) is 4.09. The lowest BCUT2D eigenvalue weighted by Crippen LogP contribution is -2.62. The number of furan rings is 1. The van der Waals surface area contributed by atoms with Crippen molar-refractivity contribution in [2.24, 2.45) is 0 Å². The van der Waals surface area contributed by atoms with Crippen molar-refractivity contribution in [3.05, 3.63) is 54.0 Å². The molecule has 29 heavy (non-hydrogen) atoms. The summed E-state index contributed by atoms with van der Waals surface area (Å²) in [4.78, 5) is 18.2. The summed E-state index contributed by atoms with van der Waals surface area (Å²) in [6.45, 7) is 9.44. The second kappa shape index (κ2) is 7.59. The number of nitrogens with zero attached hydrogens (tertiary/aromatic N) is 1. The fourth-order valence-corrected chi connectivity index (χ4v) is 5.02. The highest BCUT2D eigenvalue weighted by Crippen LogP contribution is 2.41. The Labute approximate surface area is 171 Å². The number of carbonyl (C=O) groups excluding carboxylic acids is 1. The third-order valence-electron chi connectivity index (χ3n) is 5.02. The largest absolute Gasteiger partial charge is 0.457 e. The van der Waals surface area contributed by atoms with Crippen LogP contribution in [0.5, 0.6) is 0 Å². The Hall–Kier alpha value is -2.16. The van der Waals surface area contributed by atoms with Crippen LogP contribution >= 0.6 is 0 Å².